The minimum absolute atomic E-state index is 0.00459. The van der Waals surface area contributed by atoms with Crippen molar-refractivity contribution in [2.45, 2.75) is 39.2 Å². The number of nitrogens with one attached hydrogen (secondary N) is 1. The third kappa shape index (κ3) is 3.47. The van der Waals surface area contributed by atoms with Crippen molar-refractivity contribution in [1.29, 1.82) is 0 Å². The molecule has 1 N–H and O–H groups in total. The minimum Gasteiger partial charge on any atom is -0.371 e. The van der Waals surface area contributed by atoms with Crippen LogP contribution in [0, 0.1) is 5.92 Å². The van der Waals surface area contributed by atoms with E-state index in [0.717, 1.165) is 24.5 Å². The van der Waals surface area contributed by atoms with E-state index in [9.17, 15) is 4.79 Å². The van der Waals surface area contributed by atoms with Crippen LogP contribution in [-0.2, 0) is 9.53 Å². The maximum Gasteiger partial charge on any atom is 0.226 e. The van der Waals surface area contributed by atoms with Gasteiger partial charge in [0.2, 0.25) is 11.0 Å². The summed E-state index contributed by atoms with van der Waals surface area (Å²) in [7, 11) is 0. The van der Waals surface area contributed by atoms with Gasteiger partial charge < -0.3 is 10.1 Å². The number of carbonyl (C=O) groups excluding carboxylic acids is 1. The van der Waals surface area contributed by atoms with Gasteiger partial charge in [-0.1, -0.05) is 25.2 Å². The standard InChI is InChI=1S/C11H17N3O2S/c1-7(2)6-9(15)12-11-14-13-10(17-11)8-4-3-5-16-8/h7-8H,3-6H2,1-2H3,(H,12,14,15)/t8-/m1/s1. The molecule has 0 saturated carbocycles. The summed E-state index contributed by atoms with van der Waals surface area (Å²) in [6, 6.07) is 0. The van der Waals surface area contributed by atoms with Crippen molar-refractivity contribution in [3.05, 3.63) is 5.01 Å². The molecule has 1 amide bonds. The number of hydrogen-bond donors (Lipinski definition) is 1. The monoisotopic (exact) mass is 255 g/mol. The molecule has 6 heteroatoms. The first-order valence-corrected chi connectivity index (χ1v) is 6.71. The molecule has 1 atom stereocenters. The van der Waals surface area contributed by atoms with E-state index in [2.05, 4.69) is 15.5 Å². The Kier molecular flexibility index (Phi) is 4.06. The molecule has 1 saturated heterocycles. The van der Waals surface area contributed by atoms with Crippen LogP contribution < -0.4 is 5.32 Å². The molecule has 1 aromatic heterocycles. The Morgan fingerprint density at radius 3 is 3.06 bits per heavy atom. The number of amides is 1. The van der Waals surface area contributed by atoms with Gasteiger partial charge in [0, 0.05) is 13.0 Å². The van der Waals surface area contributed by atoms with Crippen LogP contribution in [0.15, 0.2) is 0 Å². The summed E-state index contributed by atoms with van der Waals surface area (Å²) >= 11 is 1.41. The number of hydrogen-bond acceptors (Lipinski definition) is 5. The van der Waals surface area contributed by atoms with E-state index in [0.29, 0.717) is 17.5 Å². The van der Waals surface area contributed by atoms with Gasteiger partial charge in [-0.2, -0.15) is 0 Å². The van der Waals surface area contributed by atoms with Crippen LogP contribution in [0.4, 0.5) is 5.13 Å². The number of nitrogens with zero attached hydrogens (tertiary/aromatic N) is 2. The smallest absolute Gasteiger partial charge is 0.226 e. The van der Waals surface area contributed by atoms with Crippen molar-refractivity contribution in [3.8, 4) is 0 Å². The molecule has 0 radical (unpaired) electrons. The Bertz CT molecular complexity index is 386. The molecule has 1 aromatic rings. The molecule has 5 nitrogen and oxygen atoms in total. The highest BCUT2D eigenvalue weighted by Crippen LogP contribution is 2.31. The van der Waals surface area contributed by atoms with Gasteiger partial charge in [0.1, 0.15) is 11.1 Å². The van der Waals surface area contributed by atoms with Gasteiger partial charge >= 0.3 is 0 Å². The molecule has 0 bridgehead atoms. The van der Waals surface area contributed by atoms with Crippen LogP contribution in [0.1, 0.15) is 44.2 Å². The normalized spacial score (nSPS) is 19.8. The highest BCUT2D eigenvalue weighted by molar-refractivity contribution is 7.15. The second kappa shape index (κ2) is 5.55. The first-order valence-electron chi connectivity index (χ1n) is 5.90. The van der Waals surface area contributed by atoms with E-state index in [1.165, 1.54) is 11.3 Å². The molecular formula is C11H17N3O2S. The van der Waals surface area contributed by atoms with Gasteiger partial charge in [-0.3, -0.25) is 4.79 Å². The lowest BCUT2D eigenvalue weighted by atomic mass is 10.1. The van der Waals surface area contributed by atoms with Crippen molar-refractivity contribution < 1.29 is 9.53 Å². The van der Waals surface area contributed by atoms with E-state index in [-0.39, 0.29) is 12.0 Å². The van der Waals surface area contributed by atoms with Crippen LogP contribution in [0.2, 0.25) is 0 Å². The van der Waals surface area contributed by atoms with E-state index in [4.69, 9.17) is 4.74 Å². The van der Waals surface area contributed by atoms with Gasteiger partial charge in [-0.05, 0) is 18.8 Å². The number of anilines is 1. The van der Waals surface area contributed by atoms with E-state index in [1.807, 2.05) is 13.8 Å². The van der Waals surface area contributed by atoms with E-state index < -0.39 is 0 Å². The maximum absolute atomic E-state index is 11.5. The summed E-state index contributed by atoms with van der Waals surface area (Å²) in [5, 5.41) is 12.2. The van der Waals surface area contributed by atoms with Gasteiger partial charge in [0.25, 0.3) is 0 Å². The molecule has 0 spiro atoms. The molecule has 17 heavy (non-hydrogen) atoms. The number of ether oxygens (including phenoxy) is 1. The lowest BCUT2D eigenvalue weighted by molar-refractivity contribution is -0.116. The highest BCUT2D eigenvalue weighted by atomic mass is 32.1. The SMILES string of the molecule is CC(C)CC(=O)Nc1nnc([C@H]2CCCO2)s1. The van der Waals surface area contributed by atoms with Crippen molar-refractivity contribution >= 4 is 22.4 Å². The molecule has 2 rings (SSSR count). The quantitative estimate of drug-likeness (QED) is 0.897. The fourth-order valence-corrected chi connectivity index (χ4v) is 2.57. The van der Waals surface area contributed by atoms with E-state index >= 15 is 0 Å². The second-order valence-electron chi connectivity index (χ2n) is 4.59. The van der Waals surface area contributed by atoms with Crippen molar-refractivity contribution in [2.24, 2.45) is 5.92 Å². The van der Waals surface area contributed by atoms with Crippen LogP contribution >= 0.6 is 11.3 Å². The number of carbonyl (C=O) groups is 1. The lowest BCUT2D eigenvalue weighted by Crippen LogP contribution is -2.13. The van der Waals surface area contributed by atoms with Crippen LogP contribution in [0.5, 0.6) is 0 Å². The number of rotatable bonds is 4. The first kappa shape index (κ1) is 12.4. The summed E-state index contributed by atoms with van der Waals surface area (Å²) in [4.78, 5) is 11.5. The average Bonchev–Trinajstić information content (AvgIpc) is 2.84. The second-order valence-corrected chi connectivity index (χ2v) is 5.60. The maximum atomic E-state index is 11.5. The van der Waals surface area contributed by atoms with Gasteiger partial charge in [-0.25, -0.2) is 0 Å². The lowest BCUT2D eigenvalue weighted by Gasteiger charge is -2.03. The van der Waals surface area contributed by atoms with Crippen molar-refractivity contribution in [3.63, 3.8) is 0 Å². The van der Waals surface area contributed by atoms with Gasteiger partial charge in [0.05, 0.1) is 0 Å². The fraction of sp³-hybridized carbons (Fsp3) is 0.727. The molecule has 94 valence electrons. The first-order chi connectivity index (χ1) is 8.15. The molecular weight excluding hydrogens is 238 g/mol. The molecule has 0 aliphatic carbocycles. The summed E-state index contributed by atoms with van der Waals surface area (Å²) in [6.45, 7) is 4.81. The Morgan fingerprint density at radius 1 is 1.59 bits per heavy atom. The topological polar surface area (TPSA) is 64.1 Å². The third-order valence-corrected chi connectivity index (χ3v) is 3.42. The summed E-state index contributed by atoms with van der Waals surface area (Å²) in [6.07, 6.45) is 2.64. The number of aromatic nitrogens is 2. The molecule has 1 aliphatic heterocycles. The highest BCUT2D eigenvalue weighted by Gasteiger charge is 2.22. The Labute approximate surface area is 105 Å². The fourth-order valence-electron chi connectivity index (χ4n) is 1.73. The molecule has 0 unspecified atom stereocenters. The largest absolute Gasteiger partial charge is 0.371 e. The molecule has 1 aliphatic rings. The summed E-state index contributed by atoms with van der Waals surface area (Å²) < 4.78 is 5.52. The van der Waals surface area contributed by atoms with Crippen molar-refractivity contribution in [2.75, 3.05) is 11.9 Å². The molecule has 1 fully saturated rings. The van der Waals surface area contributed by atoms with Gasteiger partial charge in [-0.15, -0.1) is 10.2 Å². The summed E-state index contributed by atoms with van der Waals surface area (Å²) in [5.41, 5.74) is 0. The zero-order valence-electron chi connectivity index (χ0n) is 10.1. The molecule has 2 heterocycles. The van der Waals surface area contributed by atoms with Crippen LogP contribution in [-0.4, -0.2) is 22.7 Å². The third-order valence-electron chi connectivity index (χ3n) is 2.49. The average molecular weight is 255 g/mol. The zero-order valence-corrected chi connectivity index (χ0v) is 10.9. The zero-order chi connectivity index (χ0) is 12.3. The van der Waals surface area contributed by atoms with E-state index in [1.54, 1.807) is 0 Å². The van der Waals surface area contributed by atoms with Gasteiger partial charge in [0.15, 0.2) is 0 Å². The predicted octanol–water partition coefficient (Wildman–Crippen LogP) is 2.37. The Balaban J connectivity index is 1.91. The van der Waals surface area contributed by atoms with Crippen molar-refractivity contribution in [1.82, 2.24) is 10.2 Å². The predicted molar refractivity (Wildman–Crippen MR) is 65.9 cm³/mol. The van der Waals surface area contributed by atoms with Crippen LogP contribution in [0.25, 0.3) is 0 Å². The summed E-state index contributed by atoms with van der Waals surface area (Å²) in [5.74, 6) is 0.343. The minimum atomic E-state index is -0.00459. The Hall–Kier alpha value is -1.01. The molecule has 0 aromatic carbocycles. The Morgan fingerprint density at radius 2 is 2.41 bits per heavy atom. The van der Waals surface area contributed by atoms with Crippen LogP contribution in [0.3, 0.4) is 0 Å².